The van der Waals surface area contributed by atoms with E-state index in [-0.39, 0.29) is 49.0 Å². The lowest BCUT2D eigenvalue weighted by Gasteiger charge is -2.48. The third kappa shape index (κ3) is 5.97. The van der Waals surface area contributed by atoms with E-state index >= 15 is 0 Å². The van der Waals surface area contributed by atoms with E-state index in [4.69, 9.17) is 16.3 Å². The molecule has 4 rings (SSSR count). The second-order valence-corrected chi connectivity index (χ2v) is 10.7. The number of carboxylic acids is 1. The molecule has 2 fully saturated rings. The van der Waals surface area contributed by atoms with E-state index in [0.717, 1.165) is 16.1 Å². The van der Waals surface area contributed by atoms with Gasteiger partial charge in [-0.3, -0.25) is 14.1 Å². The number of anilines is 1. The molecule has 2 amide bonds. The van der Waals surface area contributed by atoms with Gasteiger partial charge in [0.1, 0.15) is 11.4 Å². The zero-order valence-electron chi connectivity index (χ0n) is 20.1. The molecule has 2 aliphatic rings. The van der Waals surface area contributed by atoms with E-state index in [9.17, 15) is 32.5 Å². The van der Waals surface area contributed by atoms with Gasteiger partial charge >= 0.3 is 16.3 Å². The van der Waals surface area contributed by atoms with Gasteiger partial charge in [0.05, 0.1) is 37.9 Å². The Balaban J connectivity index is 1.54. The lowest BCUT2D eigenvalue weighted by molar-refractivity contribution is -0.153. The summed E-state index contributed by atoms with van der Waals surface area (Å²) in [6.45, 7) is 3.20. The Bertz CT molecular complexity index is 1450. The SMILES string of the molecule is C=C1C(NC(=O)/C(=N\OC2(C(=O)O)CC2)c2csc(N)n2)C(Cn2ncc(CNC(=O)CN)n2)N1S(=O)(=O)O. The van der Waals surface area contributed by atoms with E-state index in [0.29, 0.717) is 10.00 Å². The Morgan fingerprint density at radius 2 is 2.08 bits per heavy atom. The topological polar surface area (TPSA) is 270 Å². The number of hydrogen-bond acceptors (Lipinski definition) is 13. The predicted molar refractivity (Wildman–Crippen MR) is 133 cm³/mol. The van der Waals surface area contributed by atoms with Crippen molar-refractivity contribution in [1.29, 1.82) is 0 Å². The van der Waals surface area contributed by atoms with Crippen molar-refractivity contribution in [3.8, 4) is 0 Å². The maximum absolute atomic E-state index is 13.2. The number of nitrogens with two attached hydrogens (primary N) is 2. The molecule has 18 nitrogen and oxygen atoms in total. The Hall–Kier alpha value is -4.14. The second kappa shape index (κ2) is 10.6. The molecule has 20 heteroatoms. The fraction of sp³-hybridized carbons (Fsp3) is 0.421. The number of nitrogens with zero attached hydrogens (tertiary/aromatic N) is 6. The highest BCUT2D eigenvalue weighted by Crippen LogP contribution is 2.40. The van der Waals surface area contributed by atoms with Crippen molar-refractivity contribution in [2.45, 2.75) is 43.6 Å². The Morgan fingerprint density at radius 3 is 2.64 bits per heavy atom. The smallest absolute Gasteiger partial charge is 0.360 e. The van der Waals surface area contributed by atoms with E-state index in [1.54, 1.807) is 0 Å². The molecule has 2 aromatic rings. The minimum atomic E-state index is -4.78. The first kappa shape index (κ1) is 27.9. The van der Waals surface area contributed by atoms with Gasteiger partial charge in [-0.25, -0.2) is 14.1 Å². The van der Waals surface area contributed by atoms with Crippen molar-refractivity contribution >= 4 is 50.3 Å². The average Bonchev–Trinajstić information content (AvgIpc) is 3.33. The monoisotopic (exact) mass is 584 g/mol. The minimum Gasteiger partial charge on any atom is -0.478 e. The van der Waals surface area contributed by atoms with Gasteiger partial charge in [0.15, 0.2) is 10.8 Å². The molecule has 0 aromatic carbocycles. The normalized spacial score (nSPS) is 20.2. The van der Waals surface area contributed by atoms with Crippen LogP contribution in [0.5, 0.6) is 0 Å². The molecule has 8 N–H and O–H groups in total. The highest BCUT2D eigenvalue weighted by Gasteiger charge is 2.55. The predicted octanol–water partition coefficient (Wildman–Crippen LogP) is -2.58. The number of hydrogen-bond donors (Lipinski definition) is 6. The fourth-order valence-corrected chi connectivity index (χ4v) is 5.12. The van der Waals surface area contributed by atoms with Crippen LogP contribution in [0.15, 0.2) is 29.0 Å². The molecule has 39 heavy (non-hydrogen) atoms. The molecule has 210 valence electrons. The van der Waals surface area contributed by atoms with Crippen molar-refractivity contribution in [2.24, 2.45) is 10.9 Å². The number of nitrogens with one attached hydrogen (secondary N) is 2. The fourth-order valence-electron chi connectivity index (χ4n) is 3.64. The Kier molecular flexibility index (Phi) is 7.54. The summed E-state index contributed by atoms with van der Waals surface area (Å²) in [5.41, 5.74) is 9.13. The molecule has 1 aliphatic heterocycles. The van der Waals surface area contributed by atoms with Crippen LogP contribution in [0.1, 0.15) is 24.2 Å². The number of carboxylic acid groups (broad SMARTS) is 1. The van der Waals surface area contributed by atoms with E-state index in [2.05, 4.69) is 37.5 Å². The first-order valence-electron chi connectivity index (χ1n) is 11.2. The summed E-state index contributed by atoms with van der Waals surface area (Å²) in [5.74, 6) is -2.56. The summed E-state index contributed by atoms with van der Waals surface area (Å²) in [4.78, 5) is 46.3. The van der Waals surface area contributed by atoms with Crippen LogP contribution < -0.4 is 22.1 Å². The van der Waals surface area contributed by atoms with E-state index in [1.807, 2.05) is 0 Å². The van der Waals surface area contributed by atoms with E-state index in [1.165, 1.54) is 11.6 Å². The molecule has 0 spiro atoms. The number of aliphatic carboxylic acids is 1. The number of nitrogen functional groups attached to an aromatic ring is 1. The van der Waals surface area contributed by atoms with Crippen LogP contribution in [0, 0.1) is 0 Å². The zero-order chi connectivity index (χ0) is 28.5. The van der Waals surface area contributed by atoms with Gasteiger partial charge < -0.3 is 32.0 Å². The Morgan fingerprint density at radius 1 is 1.36 bits per heavy atom. The number of carbonyl (C=O) groups excluding carboxylic acids is 2. The summed E-state index contributed by atoms with van der Waals surface area (Å²) in [7, 11) is -4.78. The quantitative estimate of drug-likeness (QED) is 0.0850. The van der Waals surface area contributed by atoms with Gasteiger partial charge in [0, 0.05) is 23.9 Å². The van der Waals surface area contributed by atoms with Crippen molar-refractivity contribution in [3.63, 3.8) is 0 Å². The lowest BCUT2D eigenvalue weighted by atomic mass is 9.95. The van der Waals surface area contributed by atoms with Crippen molar-refractivity contribution in [3.05, 3.63) is 35.2 Å². The van der Waals surface area contributed by atoms with Crippen LogP contribution in [0.25, 0.3) is 0 Å². The van der Waals surface area contributed by atoms with Crippen molar-refractivity contribution < 1.29 is 37.3 Å². The lowest BCUT2D eigenvalue weighted by Crippen LogP contribution is -2.67. The second-order valence-electron chi connectivity index (χ2n) is 8.56. The number of rotatable bonds is 12. The van der Waals surface area contributed by atoms with Crippen LogP contribution in [0.3, 0.4) is 0 Å². The summed E-state index contributed by atoms with van der Waals surface area (Å²) in [6.07, 6.45) is 1.72. The molecule has 1 saturated carbocycles. The van der Waals surface area contributed by atoms with Crippen molar-refractivity contribution in [2.75, 3.05) is 12.3 Å². The standard InChI is InChI=1S/C19H24N10O8S2/c1-9-14(12(29(9)39(34,35)36)7-28-23-6-10(26-28)5-22-13(30)4-20)25-16(31)15(11-8-38-18(21)24-11)27-37-19(2-3-19)17(32)33/h6,8,12,14H,1-5,7,20H2,(H2,21,24)(H,22,30)(H,25,31)(H,32,33)(H,34,35,36)/b27-15-. The van der Waals surface area contributed by atoms with Gasteiger partial charge in [-0.15, -0.1) is 11.3 Å². The van der Waals surface area contributed by atoms with Crippen LogP contribution in [-0.4, -0.2) is 90.1 Å². The first-order chi connectivity index (χ1) is 18.3. The number of aromatic nitrogens is 4. The minimum absolute atomic E-state index is 0.00206. The molecule has 1 aliphatic carbocycles. The molecule has 0 bridgehead atoms. The summed E-state index contributed by atoms with van der Waals surface area (Å²) < 4.78 is 34.3. The first-order valence-corrected chi connectivity index (χ1v) is 13.5. The molecule has 2 atom stereocenters. The van der Waals surface area contributed by atoms with Crippen LogP contribution >= 0.6 is 11.3 Å². The number of thiazole rings is 1. The molecule has 1 saturated heterocycles. The maximum atomic E-state index is 13.2. The Labute approximate surface area is 224 Å². The van der Waals surface area contributed by atoms with Crippen LogP contribution in [0.4, 0.5) is 5.13 Å². The third-order valence-electron chi connectivity index (χ3n) is 5.83. The molecular weight excluding hydrogens is 560 g/mol. The number of carbonyl (C=O) groups is 3. The van der Waals surface area contributed by atoms with Gasteiger partial charge in [-0.05, 0) is 0 Å². The molecule has 2 aromatic heterocycles. The molecule has 0 radical (unpaired) electrons. The largest absolute Gasteiger partial charge is 0.478 e. The number of amides is 2. The van der Waals surface area contributed by atoms with E-state index < -0.39 is 51.5 Å². The number of oxime groups is 1. The summed E-state index contributed by atoms with van der Waals surface area (Å²) in [5, 5.41) is 27.8. The molecule has 2 unspecified atom stereocenters. The summed E-state index contributed by atoms with van der Waals surface area (Å²) in [6, 6.07) is -2.17. The van der Waals surface area contributed by atoms with Crippen molar-refractivity contribution in [1.82, 2.24) is 34.9 Å². The molecule has 3 heterocycles. The molecular formula is C19H24N10O8S2. The third-order valence-corrected chi connectivity index (χ3v) is 7.51. The highest BCUT2D eigenvalue weighted by molar-refractivity contribution is 7.83. The summed E-state index contributed by atoms with van der Waals surface area (Å²) >= 11 is 1.00. The van der Waals surface area contributed by atoms with Gasteiger partial charge in [-0.2, -0.15) is 23.4 Å². The van der Waals surface area contributed by atoms with Crippen LogP contribution in [-0.2, 0) is 42.6 Å². The highest BCUT2D eigenvalue weighted by atomic mass is 32.2. The van der Waals surface area contributed by atoms with Gasteiger partial charge in [0.2, 0.25) is 11.5 Å². The van der Waals surface area contributed by atoms with Gasteiger partial charge in [-0.1, -0.05) is 11.7 Å². The zero-order valence-corrected chi connectivity index (χ0v) is 21.7. The van der Waals surface area contributed by atoms with Crippen LogP contribution in [0.2, 0.25) is 0 Å². The average molecular weight is 585 g/mol. The van der Waals surface area contributed by atoms with Gasteiger partial charge in [0.25, 0.3) is 5.91 Å². The maximum Gasteiger partial charge on any atom is 0.360 e.